The summed E-state index contributed by atoms with van der Waals surface area (Å²) in [5.41, 5.74) is -0.764. The van der Waals surface area contributed by atoms with Gasteiger partial charge in [0.2, 0.25) is 5.95 Å². The van der Waals surface area contributed by atoms with Crippen LogP contribution in [0, 0.1) is 5.95 Å². The maximum atomic E-state index is 12.7. The molecule has 66 valence electrons. The van der Waals surface area contributed by atoms with Crippen molar-refractivity contribution in [2.24, 2.45) is 0 Å². The highest BCUT2D eigenvalue weighted by atomic mass is 79.9. The third kappa shape index (κ3) is 1.90. The fraction of sp³-hybridized carbons (Fsp3) is 0.167. The average molecular weight is 260 g/mol. The fourth-order valence-corrected chi connectivity index (χ4v) is 1.53. The normalized spacial score (nSPS) is 10.8. The molecule has 1 heterocycles. The van der Waals surface area contributed by atoms with Gasteiger partial charge in [0.1, 0.15) is 5.15 Å². The van der Waals surface area contributed by atoms with Gasteiger partial charge in [0.05, 0.1) is 5.56 Å². The first-order chi connectivity index (χ1) is 5.52. The van der Waals surface area contributed by atoms with Gasteiger partial charge in [0.25, 0.3) is 6.43 Å². The van der Waals surface area contributed by atoms with Crippen molar-refractivity contribution in [3.8, 4) is 0 Å². The number of pyridine rings is 1. The summed E-state index contributed by atoms with van der Waals surface area (Å²) in [6.07, 6.45) is -2.90. The molecule has 0 unspecified atom stereocenters. The van der Waals surface area contributed by atoms with Crippen LogP contribution in [-0.2, 0) is 0 Å². The van der Waals surface area contributed by atoms with Gasteiger partial charge in [-0.3, -0.25) is 0 Å². The molecule has 0 fully saturated rings. The molecule has 12 heavy (non-hydrogen) atoms. The van der Waals surface area contributed by atoms with E-state index in [1.54, 1.807) is 0 Å². The highest BCUT2D eigenvalue weighted by Gasteiger charge is 2.19. The number of hydrogen-bond donors (Lipinski definition) is 0. The zero-order valence-electron chi connectivity index (χ0n) is 5.49. The Hall–Kier alpha value is -0.290. The monoisotopic (exact) mass is 259 g/mol. The Labute approximate surface area is 79.7 Å². The second-order valence-corrected chi connectivity index (χ2v) is 3.17. The van der Waals surface area contributed by atoms with Crippen LogP contribution >= 0.6 is 27.5 Å². The lowest BCUT2D eigenvalue weighted by atomic mass is 10.3. The van der Waals surface area contributed by atoms with Crippen molar-refractivity contribution >= 4 is 27.5 Å². The molecule has 0 aliphatic rings. The van der Waals surface area contributed by atoms with E-state index in [2.05, 4.69) is 20.9 Å². The number of nitrogens with zero attached hydrogens (tertiary/aromatic N) is 1. The highest BCUT2D eigenvalue weighted by Crippen LogP contribution is 2.30. The average Bonchev–Trinajstić information content (AvgIpc) is 1.82. The molecule has 0 saturated heterocycles. The molecular formula is C6H2BrClF3N. The van der Waals surface area contributed by atoms with Gasteiger partial charge >= 0.3 is 0 Å². The Balaban J connectivity index is 3.28. The molecule has 0 amide bonds. The molecule has 6 heteroatoms. The Morgan fingerprint density at radius 2 is 2.08 bits per heavy atom. The minimum Gasteiger partial charge on any atom is -0.207 e. The number of alkyl halides is 2. The van der Waals surface area contributed by atoms with E-state index in [1.807, 2.05) is 0 Å². The maximum Gasteiger partial charge on any atom is 0.269 e. The lowest BCUT2D eigenvalue weighted by Crippen LogP contribution is -1.96. The summed E-state index contributed by atoms with van der Waals surface area (Å²) in [7, 11) is 0. The van der Waals surface area contributed by atoms with Crippen LogP contribution in [0.15, 0.2) is 10.5 Å². The molecule has 0 aliphatic carbocycles. The standard InChI is InChI=1S/C6H2BrClF3N/c7-2-1-3(8)12-6(11)4(2)5(9)10/h1,5H. The number of aromatic nitrogens is 1. The van der Waals surface area contributed by atoms with E-state index in [1.165, 1.54) is 0 Å². The van der Waals surface area contributed by atoms with Crippen LogP contribution < -0.4 is 0 Å². The predicted molar refractivity (Wildman–Crippen MR) is 41.9 cm³/mol. The number of rotatable bonds is 1. The van der Waals surface area contributed by atoms with Crippen molar-refractivity contribution in [3.63, 3.8) is 0 Å². The van der Waals surface area contributed by atoms with Crippen molar-refractivity contribution in [2.75, 3.05) is 0 Å². The smallest absolute Gasteiger partial charge is 0.207 e. The third-order valence-corrected chi connectivity index (χ3v) is 2.00. The zero-order chi connectivity index (χ0) is 9.30. The van der Waals surface area contributed by atoms with Crippen molar-refractivity contribution in [1.82, 2.24) is 4.98 Å². The van der Waals surface area contributed by atoms with E-state index in [-0.39, 0.29) is 9.63 Å². The summed E-state index contributed by atoms with van der Waals surface area (Å²) in [6, 6.07) is 1.12. The molecule has 0 atom stereocenters. The maximum absolute atomic E-state index is 12.7. The van der Waals surface area contributed by atoms with Crippen LogP contribution in [0.5, 0.6) is 0 Å². The quantitative estimate of drug-likeness (QED) is 0.703. The number of halogens is 5. The lowest BCUT2D eigenvalue weighted by Gasteiger charge is -2.03. The molecule has 0 saturated carbocycles. The van der Waals surface area contributed by atoms with Gasteiger partial charge in [0.15, 0.2) is 0 Å². The summed E-state index contributed by atoms with van der Waals surface area (Å²) in [6.45, 7) is 0. The van der Waals surface area contributed by atoms with E-state index in [9.17, 15) is 13.2 Å². The van der Waals surface area contributed by atoms with Gasteiger partial charge in [0, 0.05) is 4.47 Å². The van der Waals surface area contributed by atoms with Crippen LogP contribution in [0.3, 0.4) is 0 Å². The highest BCUT2D eigenvalue weighted by molar-refractivity contribution is 9.10. The van der Waals surface area contributed by atoms with E-state index >= 15 is 0 Å². The largest absolute Gasteiger partial charge is 0.269 e. The lowest BCUT2D eigenvalue weighted by molar-refractivity contribution is 0.144. The van der Waals surface area contributed by atoms with Crippen LogP contribution in [0.2, 0.25) is 5.15 Å². The molecular weight excluding hydrogens is 258 g/mol. The first-order valence-corrected chi connectivity index (χ1v) is 3.99. The molecule has 1 aromatic heterocycles. The predicted octanol–water partition coefficient (Wildman–Crippen LogP) is 3.57. The molecule has 1 aromatic rings. The molecule has 0 aromatic carbocycles. The summed E-state index contributed by atoms with van der Waals surface area (Å²) >= 11 is 8.05. The van der Waals surface area contributed by atoms with Crippen molar-refractivity contribution < 1.29 is 13.2 Å². The Morgan fingerprint density at radius 3 is 2.50 bits per heavy atom. The molecule has 0 aliphatic heterocycles. The summed E-state index contributed by atoms with van der Waals surface area (Å²) in [4.78, 5) is 3.04. The molecule has 0 bridgehead atoms. The van der Waals surface area contributed by atoms with Crippen LogP contribution in [0.25, 0.3) is 0 Å². The molecule has 0 spiro atoms. The van der Waals surface area contributed by atoms with Gasteiger partial charge < -0.3 is 0 Å². The number of hydrogen-bond acceptors (Lipinski definition) is 1. The van der Waals surface area contributed by atoms with Crippen molar-refractivity contribution in [1.29, 1.82) is 0 Å². The topological polar surface area (TPSA) is 12.9 Å². The van der Waals surface area contributed by atoms with Gasteiger partial charge in [-0.2, -0.15) is 4.39 Å². The molecule has 0 radical (unpaired) electrons. The van der Waals surface area contributed by atoms with E-state index in [0.717, 1.165) is 6.07 Å². The SMILES string of the molecule is Fc1nc(Cl)cc(Br)c1C(F)F. The second kappa shape index (κ2) is 3.62. The van der Waals surface area contributed by atoms with Gasteiger partial charge in [-0.15, -0.1) is 0 Å². The minimum atomic E-state index is -2.90. The summed E-state index contributed by atoms with van der Waals surface area (Å²) < 4.78 is 36.7. The Kier molecular flexibility index (Phi) is 2.95. The Morgan fingerprint density at radius 1 is 1.50 bits per heavy atom. The van der Waals surface area contributed by atoms with Crippen LogP contribution in [-0.4, -0.2) is 4.98 Å². The summed E-state index contributed by atoms with van der Waals surface area (Å²) in [5.74, 6) is -1.25. The van der Waals surface area contributed by atoms with Gasteiger partial charge in [-0.05, 0) is 6.07 Å². The third-order valence-electron chi connectivity index (χ3n) is 1.15. The second-order valence-electron chi connectivity index (χ2n) is 1.93. The summed E-state index contributed by atoms with van der Waals surface area (Å²) in [5, 5.41) is -0.163. The molecule has 0 N–H and O–H groups in total. The fourth-order valence-electron chi connectivity index (χ4n) is 0.661. The van der Waals surface area contributed by atoms with Crippen LogP contribution in [0.1, 0.15) is 12.0 Å². The Bertz CT molecular complexity index is 282. The van der Waals surface area contributed by atoms with Crippen molar-refractivity contribution in [3.05, 3.63) is 27.2 Å². The minimum absolute atomic E-state index is 0.0741. The molecule has 1 nitrogen and oxygen atoms in total. The van der Waals surface area contributed by atoms with Gasteiger partial charge in [-0.1, -0.05) is 27.5 Å². The van der Waals surface area contributed by atoms with Gasteiger partial charge in [-0.25, -0.2) is 13.8 Å². The van der Waals surface area contributed by atoms with E-state index < -0.39 is 17.9 Å². The first-order valence-electron chi connectivity index (χ1n) is 2.82. The zero-order valence-corrected chi connectivity index (χ0v) is 7.83. The first kappa shape index (κ1) is 9.80. The van der Waals surface area contributed by atoms with E-state index in [0.29, 0.717) is 0 Å². The van der Waals surface area contributed by atoms with Crippen molar-refractivity contribution in [2.45, 2.75) is 6.43 Å². The van der Waals surface area contributed by atoms with E-state index in [4.69, 9.17) is 11.6 Å². The van der Waals surface area contributed by atoms with Crippen LogP contribution in [0.4, 0.5) is 13.2 Å². The molecule has 1 rings (SSSR count).